The molecule has 1 aromatic heterocycles. The van der Waals surface area contributed by atoms with E-state index in [4.69, 9.17) is 11.6 Å². The maximum Gasteiger partial charge on any atom is 0.322 e. The lowest BCUT2D eigenvalue weighted by molar-refractivity contribution is -0.134. The molecule has 194 valence electrons. The highest BCUT2D eigenvalue weighted by Gasteiger charge is 2.32. The molecule has 0 bridgehead atoms. The summed E-state index contributed by atoms with van der Waals surface area (Å²) in [5.74, 6) is -0.169. The molecule has 1 N–H and O–H groups in total. The lowest BCUT2D eigenvalue weighted by atomic mass is 9.93. The van der Waals surface area contributed by atoms with Gasteiger partial charge in [-0.1, -0.05) is 29.8 Å². The summed E-state index contributed by atoms with van der Waals surface area (Å²) in [5, 5.41) is 5.54. The van der Waals surface area contributed by atoms with Crippen LogP contribution in [0.25, 0.3) is 0 Å². The molecule has 1 saturated heterocycles. The number of hydrogen-bond acceptors (Lipinski definition) is 4. The summed E-state index contributed by atoms with van der Waals surface area (Å²) >= 11 is 7.77. The van der Waals surface area contributed by atoms with Crippen LogP contribution in [0.1, 0.15) is 35.4 Å². The number of carbonyl (C=O) groups excluding carboxylic acids is 2. The third-order valence-electron chi connectivity index (χ3n) is 7.16. The van der Waals surface area contributed by atoms with Crippen molar-refractivity contribution in [2.75, 3.05) is 38.0 Å². The first-order valence-corrected chi connectivity index (χ1v) is 13.8. The summed E-state index contributed by atoms with van der Waals surface area (Å²) in [5.41, 5.74) is 2.77. The fourth-order valence-corrected chi connectivity index (χ4v) is 6.42. The number of rotatable bonds is 5. The number of thiophene rings is 1. The summed E-state index contributed by atoms with van der Waals surface area (Å²) in [6, 6.07) is 15.6. The first-order chi connectivity index (χ1) is 17.9. The number of nitrogens with one attached hydrogen (secondary N) is 1. The topological polar surface area (TPSA) is 55.9 Å². The first-order valence-electron chi connectivity index (χ1n) is 12.6. The van der Waals surface area contributed by atoms with Crippen LogP contribution < -0.4 is 5.32 Å². The average Bonchev–Trinajstić information content (AvgIpc) is 3.35. The molecule has 9 heteroatoms. The number of carbonyl (C=O) groups is 2. The molecule has 37 heavy (non-hydrogen) atoms. The van der Waals surface area contributed by atoms with E-state index in [1.54, 1.807) is 52.6 Å². The van der Waals surface area contributed by atoms with Gasteiger partial charge in [-0.2, -0.15) is 0 Å². The quantitative estimate of drug-likeness (QED) is 0.455. The van der Waals surface area contributed by atoms with Crippen LogP contribution in [0.15, 0.2) is 60.0 Å². The van der Waals surface area contributed by atoms with Gasteiger partial charge in [-0.3, -0.25) is 9.69 Å². The van der Waals surface area contributed by atoms with Crippen molar-refractivity contribution in [1.29, 1.82) is 0 Å². The standard InChI is InChI=1S/C28H30ClFN4O2S/c1-19-18-33(13-14-34(19)28(36)31-23-7-3-5-21(29)17-23)26(35)9-12-32-11-8-25-24(10-15-37-25)27(32)20-4-2-6-22(30)16-20/h2-7,10,15-17,19,27H,8-9,11-14,18H2,1H3,(H,31,36)/t19-,27-/m1/s1. The van der Waals surface area contributed by atoms with Crippen LogP contribution in [-0.2, 0) is 11.2 Å². The zero-order valence-electron chi connectivity index (χ0n) is 20.7. The summed E-state index contributed by atoms with van der Waals surface area (Å²) in [7, 11) is 0. The molecule has 1 fully saturated rings. The van der Waals surface area contributed by atoms with Crippen LogP contribution in [0, 0.1) is 5.82 Å². The summed E-state index contributed by atoms with van der Waals surface area (Å²) in [4.78, 5) is 33.2. The molecule has 2 atom stereocenters. The largest absolute Gasteiger partial charge is 0.339 e. The number of anilines is 1. The van der Waals surface area contributed by atoms with Crippen molar-refractivity contribution in [3.8, 4) is 0 Å². The number of fused-ring (bicyclic) bond motifs is 1. The second-order valence-corrected chi connectivity index (χ2v) is 11.1. The molecule has 3 amide bonds. The highest BCUT2D eigenvalue weighted by atomic mass is 35.5. The molecule has 0 unspecified atom stereocenters. The predicted octanol–water partition coefficient (Wildman–Crippen LogP) is 5.64. The zero-order valence-corrected chi connectivity index (χ0v) is 22.3. The maximum atomic E-state index is 14.1. The van der Waals surface area contributed by atoms with Crippen molar-refractivity contribution in [2.45, 2.75) is 31.8 Å². The van der Waals surface area contributed by atoms with Crippen molar-refractivity contribution in [3.63, 3.8) is 0 Å². The maximum absolute atomic E-state index is 14.1. The molecule has 5 rings (SSSR count). The molecule has 3 aromatic rings. The third kappa shape index (κ3) is 5.81. The molecule has 2 aliphatic rings. The van der Waals surface area contributed by atoms with Crippen LogP contribution in [-0.4, -0.2) is 65.4 Å². The van der Waals surface area contributed by atoms with E-state index in [9.17, 15) is 14.0 Å². The Bertz CT molecular complexity index is 1280. The number of amides is 3. The van der Waals surface area contributed by atoms with Crippen molar-refractivity contribution in [1.82, 2.24) is 14.7 Å². The minimum atomic E-state index is -0.248. The molecule has 0 saturated carbocycles. The summed E-state index contributed by atoms with van der Waals surface area (Å²) < 4.78 is 14.1. The third-order valence-corrected chi connectivity index (χ3v) is 8.39. The van der Waals surface area contributed by atoms with Crippen LogP contribution >= 0.6 is 22.9 Å². The summed E-state index contributed by atoms with van der Waals surface area (Å²) in [6.45, 7) is 4.83. The van der Waals surface area contributed by atoms with Gasteiger partial charge in [0.15, 0.2) is 0 Å². The molecular formula is C28H30ClFN4O2S. The molecule has 0 aliphatic carbocycles. The summed E-state index contributed by atoms with van der Waals surface area (Å²) in [6.07, 6.45) is 1.32. The molecule has 2 aliphatic heterocycles. The Balaban J connectivity index is 1.19. The van der Waals surface area contributed by atoms with Crippen LogP contribution in [0.2, 0.25) is 5.02 Å². The van der Waals surface area contributed by atoms with E-state index in [-0.39, 0.29) is 29.8 Å². The van der Waals surface area contributed by atoms with Crippen molar-refractivity contribution < 1.29 is 14.0 Å². The van der Waals surface area contributed by atoms with Gasteiger partial charge >= 0.3 is 6.03 Å². The number of halogens is 2. The number of hydrogen-bond donors (Lipinski definition) is 1. The fraction of sp³-hybridized carbons (Fsp3) is 0.357. The average molecular weight is 541 g/mol. The van der Waals surface area contributed by atoms with Gasteiger partial charge in [-0.05, 0) is 66.2 Å². The van der Waals surface area contributed by atoms with E-state index in [1.807, 2.05) is 17.9 Å². The molecule has 0 radical (unpaired) electrons. The lowest BCUT2D eigenvalue weighted by Gasteiger charge is -2.40. The SMILES string of the molecule is C[C@@H]1CN(C(=O)CCN2CCc3sccc3[C@H]2c2cccc(F)c2)CCN1C(=O)Nc1cccc(Cl)c1. The van der Waals surface area contributed by atoms with Gasteiger partial charge in [0.2, 0.25) is 5.91 Å². The number of piperazine rings is 1. The second-order valence-electron chi connectivity index (χ2n) is 9.62. The minimum Gasteiger partial charge on any atom is -0.339 e. The van der Waals surface area contributed by atoms with Crippen molar-refractivity contribution in [2.24, 2.45) is 0 Å². The number of nitrogens with zero attached hydrogens (tertiary/aromatic N) is 3. The van der Waals surface area contributed by atoms with E-state index in [1.165, 1.54) is 16.5 Å². The van der Waals surface area contributed by atoms with E-state index in [0.717, 1.165) is 18.5 Å². The van der Waals surface area contributed by atoms with Crippen molar-refractivity contribution in [3.05, 3.63) is 86.8 Å². The highest BCUT2D eigenvalue weighted by Crippen LogP contribution is 2.38. The Morgan fingerprint density at radius 3 is 2.73 bits per heavy atom. The molecule has 2 aromatic carbocycles. The number of benzene rings is 2. The Morgan fingerprint density at radius 2 is 1.95 bits per heavy atom. The Kier molecular flexibility index (Phi) is 7.79. The van der Waals surface area contributed by atoms with Gasteiger partial charge in [0, 0.05) is 60.8 Å². The van der Waals surface area contributed by atoms with E-state index < -0.39 is 0 Å². The van der Waals surface area contributed by atoms with Crippen LogP contribution in [0.3, 0.4) is 0 Å². The predicted molar refractivity (Wildman–Crippen MR) is 146 cm³/mol. The van der Waals surface area contributed by atoms with Crippen LogP contribution in [0.4, 0.5) is 14.9 Å². The Hall–Kier alpha value is -2.94. The van der Waals surface area contributed by atoms with Gasteiger partial charge in [0.1, 0.15) is 5.82 Å². The van der Waals surface area contributed by atoms with Gasteiger partial charge in [0.25, 0.3) is 0 Å². The molecular weight excluding hydrogens is 511 g/mol. The normalized spacial score (nSPS) is 20.0. The minimum absolute atomic E-state index is 0.0514. The second kappa shape index (κ2) is 11.2. The van der Waals surface area contributed by atoms with Gasteiger partial charge in [-0.15, -0.1) is 11.3 Å². The Labute approximate surface area is 225 Å². The van der Waals surface area contributed by atoms with E-state index >= 15 is 0 Å². The first kappa shape index (κ1) is 25.7. The molecule has 6 nitrogen and oxygen atoms in total. The monoisotopic (exact) mass is 540 g/mol. The molecule has 3 heterocycles. The van der Waals surface area contributed by atoms with Gasteiger partial charge < -0.3 is 15.1 Å². The van der Waals surface area contributed by atoms with Crippen molar-refractivity contribution >= 4 is 40.6 Å². The highest BCUT2D eigenvalue weighted by molar-refractivity contribution is 7.10. The number of urea groups is 1. The van der Waals surface area contributed by atoms with E-state index in [2.05, 4.69) is 21.7 Å². The lowest BCUT2D eigenvalue weighted by Crippen LogP contribution is -2.56. The smallest absolute Gasteiger partial charge is 0.322 e. The van der Waals surface area contributed by atoms with Gasteiger partial charge in [0.05, 0.1) is 6.04 Å². The van der Waals surface area contributed by atoms with E-state index in [0.29, 0.717) is 43.3 Å². The van der Waals surface area contributed by atoms with Crippen LogP contribution in [0.5, 0.6) is 0 Å². The molecule has 0 spiro atoms. The fourth-order valence-electron chi connectivity index (χ4n) is 5.32. The van der Waals surface area contributed by atoms with Gasteiger partial charge in [-0.25, -0.2) is 9.18 Å². The Morgan fingerprint density at radius 1 is 1.11 bits per heavy atom. The zero-order chi connectivity index (χ0) is 25.9.